The SMILES string of the molecule is CC(=O)N(C)CC(=O)N(CC(=O)O)c1ccc(C)cc1. The summed E-state index contributed by atoms with van der Waals surface area (Å²) in [6.45, 7) is 2.65. The molecular formula is C14H18N2O4. The lowest BCUT2D eigenvalue weighted by Crippen LogP contribution is -2.43. The number of carboxylic acid groups (broad SMARTS) is 1. The molecule has 0 aromatic heterocycles. The molecule has 0 bridgehead atoms. The van der Waals surface area contributed by atoms with Crippen molar-refractivity contribution in [3.8, 4) is 0 Å². The second-order valence-corrected chi connectivity index (χ2v) is 4.58. The summed E-state index contributed by atoms with van der Waals surface area (Å²) in [5.74, 6) is -1.80. The van der Waals surface area contributed by atoms with E-state index in [-0.39, 0.29) is 12.5 Å². The molecule has 0 aliphatic carbocycles. The minimum Gasteiger partial charge on any atom is -0.480 e. The summed E-state index contributed by atoms with van der Waals surface area (Å²) in [6, 6.07) is 6.96. The van der Waals surface area contributed by atoms with Gasteiger partial charge >= 0.3 is 5.97 Å². The third-order valence-corrected chi connectivity index (χ3v) is 2.85. The minimum atomic E-state index is -1.11. The van der Waals surface area contributed by atoms with Crippen molar-refractivity contribution in [3.05, 3.63) is 29.8 Å². The number of carboxylic acids is 1. The Morgan fingerprint density at radius 2 is 1.65 bits per heavy atom. The number of carbonyl (C=O) groups is 3. The van der Waals surface area contributed by atoms with E-state index in [1.165, 1.54) is 18.9 Å². The summed E-state index contributed by atoms with van der Waals surface area (Å²) < 4.78 is 0. The van der Waals surface area contributed by atoms with Crippen LogP contribution >= 0.6 is 0 Å². The largest absolute Gasteiger partial charge is 0.480 e. The van der Waals surface area contributed by atoms with Crippen LogP contribution in [0, 0.1) is 6.92 Å². The van der Waals surface area contributed by atoms with E-state index in [9.17, 15) is 14.4 Å². The Bertz CT molecular complexity index is 510. The van der Waals surface area contributed by atoms with Gasteiger partial charge in [0.15, 0.2) is 0 Å². The third kappa shape index (κ3) is 4.38. The van der Waals surface area contributed by atoms with Crippen LogP contribution in [0.2, 0.25) is 0 Å². The quantitative estimate of drug-likeness (QED) is 0.867. The molecule has 1 N–H and O–H groups in total. The van der Waals surface area contributed by atoms with E-state index < -0.39 is 18.4 Å². The fraction of sp³-hybridized carbons (Fsp3) is 0.357. The number of aliphatic carboxylic acids is 1. The number of anilines is 1. The van der Waals surface area contributed by atoms with Crippen LogP contribution in [0.25, 0.3) is 0 Å². The summed E-state index contributed by atoms with van der Waals surface area (Å²) in [5, 5.41) is 8.92. The van der Waals surface area contributed by atoms with Crippen LogP contribution < -0.4 is 4.90 Å². The lowest BCUT2D eigenvalue weighted by atomic mass is 10.2. The summed E-state index contributed by atoms with van der Waals surface area (Å²) >= 11 is 0. The molecule has 0 aliphatic rings. The van der Waals surface area contributed by atoms with Crippen LogP contribution in [-0.2, 0) is 14.4 Å². The van der Waals surface area contributed by atoms with Crippen LogP contribution in [0.15, 0.2) is 24.3 Å². The van der Waals surface area contributed by atoms with Crippen LogP contribution in [0.5, 0.6) is 0 Å². The standard InChI is InChI=1S/C14H18N2O4/c1-10-4-6-12(7-5-10)16(9-14(19)20)13(18)8-15(3)11(2)17/h4-7H,8-9H2,1-3H3,(H,19,20). The van der Waals surface area contributed by atoms with Gasteiger partial charge in [-0.15, -0.1) is 0 Å². The first-order chi connectivity index (χ1) is 9.31. The highest BCUT2D eigenvalue weighted by Gasteiger charge is 2.20. The van der Waals surface area contributed by atoms with Crippen molar-refractivity contribution in [2.24, 2.45) is 0 Å². The maximum atomic E-state index is 12.1. The molecule has 1 aromatic rings. The van der Waals surface area contributed by atoms with Crippen molar-refractivity contribution in [3.63, 3.8) is 0 Å². The van der Waals surface area contributed by atoms with Crippen LogP contribution in [0.4, 0.5) is 5.69 Å². The highest BCUT2D eigenvalue weighted by molar-refractivity contribution is 5.99. The molecule has 1 rings (SSSR count). The molecule has 6 heteroatoms. The van der Waals surface area contributed by atoms with Crippen molar-refractivity contribution >= 4 is 23.5 Å². The lowest BCUT2D eigenvalue weighted by Gasteiger charge is -2.24. The van der Waals surface area contributed by atoms with Crippen molar-refractivity contribution < 1.29 is 19.5 Å². The highest BCUT2D eigenvalue weighted by Crippen LogP contribution is 2.15. The van der Waals surface area contributed by atoms with Gasteiger partial charge in [-0.2, -0.15) is 0 Å². The zero-order valence-corrected chi connectivity index (χ0v) is 11.8. The van der Waals surface area contributed by atoms with Crippen LogP contribution in [0.1, 0.15) is 12.5 Å². The van der Waals surface area contributed by atoms with Gasteiger partial charge in [-0.1, -0.05) is 17.7 Å². The molecule has 2 amide bonds. The van der Waals surface area contributed by atoms with Gasteiger partial charge in [-0.25, -0.2) is 0 Å². The lowest BCUT2D eigenvalue weighted by molar-refractivity contribution is -0.137. The molecule has 0 saturated carbocycles. The van der Waals surface area contributed by atoms with Gasteiger partial charge in [-0.05, 0) is 19.1 Å². The Balaban J connectivity index is 2.94. The molecule has 108 valence electrons. The maximum absolute atomic E-state index is 12.1. The number of likely N-dealkylation sites (N-methyl/N-ethyl adjacent to an activating group) is 1. The molecule has 0 spiro atoms. The first-order valence-corrected chi connectivity index (χ1v) is 6.11. The Labute approximate surface area is 117 Å². The molecule has 0 heterocycles. The summed E-state index contributed by atoms with van der Waals surface area (Å²) in [7, 11) is 1.49. The zero-order valence-electron chi connectivity index (χ0n) is 11.8. The number of amides is 2. The van der Waals surface area contributed by atoms with Crippen molar-refractivity contribution in [1.29, 1.82) is 0 Å². The maximum Gasteiger partial charge on any atom is 0.323 e. The molecule has 0 saturated heterocycles. The average Bonchev–Trinajstić information content (AvgIpc) is 2.36. The first kappa shape index (κ1) is 15.7. The molecule has 0 atom stereocenters. The summed E-state index contributed by atoms with van der Waals surface area (Å²) in [6.07, 6.45) is 0. The average molecular weight is 278 g/mol. The molecular weight excluding hydrogens is 260 g/mol. The van der Waals surface area contributed by atoms with E-state index in [2.05, 4.69) is 0 Å². The number of benzene rings is 1. The zero-order chi connectivity index (χ0) is 15.3. The van der Waals surface area contributed by atoms with E-state index in [0.717, 1.165) is 10.5 Å². The van der Waals surface area contributed by atoms with Crippen molar-refractivity contribution in [2.45, 2.75) is 13.8 Å². The number of aryl methyl sites for hydroxylation is 1. The van der Waals surface area contributed by atoms with Gasteiger partial charge < -0.3 is 10.0 Å². The van der Waals surface area contributed by atoms with Crippen molar-refractivity contribution in [1.82, 2.24) is 4.90 Å². The van der Waals surface area contributed by atoms with Gasteiger partial charge in [0, 0.05) is 19.7 Å². The highest BCUT2D eigenvalue weighted by atomic mass is 16.4. The second kappa shape index (κ2) is 6.70. The molecule has 0 unspecified atom stereocenters. The fourth-order valence-electron chi connectivity index (χ4n) is 1.58. The Morgan fingerprint density at radius 1 is 1.10 bits per heavy atom. The molecule has 20 heavy (non-hydrogen) atoms. The monoisotopic (exact) mass is 278 g/mol. The van der Waals surface area contributed by atoms with Gasteiger partial charge in [0.1, 0.15) is 6.54 Å². The number of nitrogens with zero attached hydrogens (tertiary/aromatic N) is 2. The molecule has 0 radical (unpaired) electrons. The predicted molar refractivity (Wildman–Crippen MR) is 74.5 cm³/mol. The van der Waals surface area contributed by atoms with Gasteiger partial charge in [0.2, 0.25) is 11.8 Å². The molecule has 0 aliphatic heterocycles. The predicted octanol–water partition coefficient (Wildman–Crippen LogP) is 0.891. The van der Waals surface area contributed by atoms with E-state index in [4.69, 9.17) is 5.11 Å². The second-order valence-electron chi connectivity index (χ2n) is 4.58. The van der Waals surface area contributed by atoms with E-state index in [1.54, 1.807) is 24.3 Å². The van der Waals surface area contributed by atoms with Crippen LogP contribution in [-0.4, -0.2) is 47.9 Å². The number of hydrogen-bond donors (Lipinski definition) is 1. The summed E-state index contributed by atoms with van der Waals surface area (Å²) in [5.41, 5.74) is 1.51. The first-order valence-electron chi connectivity index (χ1n) is 6.11. The Kier molecular flexibility index (Phi) is 5.25. The fourth-order valence-corrected chi connectivity index (χ4v) is 1.58. The smallest absolute Gasteiger partial charge is 0.323 e. The van der Waals surface area contributed by atoms with E-state index in [1.807, 2.05) is 6.92 Å². The topological polar surface area (TPSA) is 77.9 Å². The van der Waals surface area contributed by atoms with Gasteiger partial charge in [0.05, 0.1) is 6.54 Å². The van der Waals surface area contributed by atoms with E-state index in [0.29, 0.717) is 5.69 Å². The van der Waals surface area contributed by atoms with Crippen molar-refractivity contribution in [2.75, 3.05) is 25.0 Å². The number of rotatable bonds is 5. The van der Waals surface area contributed by atoms with E-state index >= 15 is 0 Å². The van der Waals surface area contributed by atoms with Crippen LogP contribution in [0.3, 0.4) is 0 Å². The molecule has 1 aromatic carbocycles. The van der Waals surface area contributed by atoms with Gasteiger partial charge in [-0.3, -0.25) is 19.3 Å². The molecule has 6 nitrogen and oxygen atoms in total. The Morgan fingerprint density at radius 3 is 2.10 bits per heavy atom. The number of carbonyl (C=O) groups excluding carboxylic acids is 2. The van der Waals surface area contributed by atoms with Gasteiger partial charge in [0.25, 0.3) is 0 Å². The normalized spacial score (nSPS) is 9.95. The Hall–Kier alpha value is -2.37. The third-order valence-electron chi connectivity index (χ3n) is 2.85. The molecule has 0 fully saturated rings. The summed E-state index contributed by atoms with van der Waals surface area (Å²) in [4.78, 5) is 36.6. The number of hydrogen-bond acceptors (Lipinski definition) is 3. The minimum absolute atomic E-state index is 0.156.